The van der Waals surface area contributed by atoms with Gasteiger partial charge in [-0.15, -0.1) is 0 Å². The quantitative estimate of drug-likeness (QED) is 0.575. The molecule has 0 radical (unpaired) electrons. The summed E-state index contributed by atoms with van der Waals surface area (Å²) in [5.41, 5.74) is 0.941. The van der Waals surface area contributed by atoms with E-state index in [9.17, 15) is 20.0 Å². The van der Waals surface area contributed by atoms with Crippen molar-refractivity contribution < 1.29 is 14.8 Å². The predicted molar refractivity (Wildman–Crippen MR) is 75.6 cm³/mol. The summed E-state index contributed by atoms with van der Waals surface area (Å²) in [4.78, 5) is 23.5. The molecule has 0 heterocycles. The molecule has 0 atom stereocenters. The molecule has 1 rings (SSSR count). The minimum absolute atomic E-state index is 0.0818. The Balaban J connectivity index is 2.84. The Kier molecular flexibility index (Phi) is 5.92. The summed E-state index contributed by atoms with van der Waals surface area (Å²) in [7, 11) is 1.70. The van der Waals surface area contributed by atoms with Crippen LogP contribution in [0.1, 0.15) is 18.9 Å². The van der Waals surface area contributed by atoms with E-state index in [-0.39, 0.29) is 24.7 Å². The summed E-state index contributed by atoms with van der Waals surface area (Å²) in [6.45, 7) is 2.38. The van der Waals surface area contributed by atoms with Crippen LogP contribution in [0.4, 0.5) is 11.4 Å². The third kappa shape index (κ3) is 4.20. The van der Waals surface area contributed by atoms with Crippen molar-refractivity contribution in [2.75, 3.05) is 25.0 Å². The van der Waals surface area contributed by atoms with Crippen LogP contribution in [-0.4, -0.2) is 36.1 Å². The molecule has 0 saturated heterocycles. The maximum absolute atomic E-state index is 11.6. The highest BCUT2D eigenvalue weighted by Crippen LogP contribution is 2.24. The molecular weight excluding hydrogens is 262 g/mol. The van der Waals surface area contributed by atoms with Gasteiger partial charge in [-0.25, -0.2) is 0 Å². The van der Waals surface area contributed by atoms with Crippen LogP contribution in [0, 0.1) is 10.1 Å². The van der Waals surface area contributed by atoms with Crippen LogP contribution in [0.5, 0.6) is 0 Å². The third-order valence-corrected chi connectivity index (χ3v) is 2.81. The van der Waals surface area contributed by atoms with Crippen LogP contribution in [0.25, 0.3) is 0 Å². The van der Waals surface area contributed by atoms with Crippen LogP contribution in [0.3, 0.4) is 0 Å². The van der Waals surface area contributed by atoms with Crippen molar-refractivity contribution >= 4 is 17.3 Å². The molecule has 2 N–H and O–H groups in total. The van der Waals surface area contributed by atoms with E-state index in [0.717, 1.165) is 6.42 Å². The van der Waals surface area contributed by atoms with E-state index in [2.05, 4.69) is 5.32 Å². The average Bonchev–Trinajstić information content (AvgIpc) is 2.44. The van der Waals surface area contributed by atoms with Gasteiger partial charge in [-0.3, -0.25) is 14.9 Å². The first-order valence-electron chi connectivity index (χ1n) is 6.35. The van der Waals surface area contributed by atoms with Crippen molar-refractivity contribution in [1.29, 1.82) is 0 Å². The molecule has 0 aromatic heterocycles. The van der Waals surface area contributed by atoms with Gasteiger partial charge >= 0.3 is 0 Å². The Morgan fingerprint density at radius 2 is 2.20 bits per heavy atom. The first kappa shape index (κ1) is 15.9. The Labute approximate surface area is 117 Å². The molecule has 7 heteroatoms. The maximum Gasteiger partial charge on any atom is 0.269 e. The summed E-state index contributed by atoms with van der Waals surface area (Å²) in [5, 5.41) is 22.7. The molecule has 0 fully saturated rings. The average molecular weight is 281 g/mol. The van der Waals surface area contributed by atoms with Crippen LogP contribution in [0.2, 0.25) is 0 Å². The van der Waals surface area contributed by atoms with E-state index in [0.29, 0.717) is 17.8 Å². The van der Waals surface area contributed by atoms with E-state index >= 15 is 0 Å². The highest BCUT2D eigenvalue weighted by atomic mass is 16.6. The van der Waals surface area contributed by atoms with Crippen molar-refractivity contribution in [2.45, 2.75) is 20.0 Å². The molecule has 1 aromatic rings. The van der Waals surface area contributed by atoms with Crippen LogP contribution < -0.4 is 10.2 Å². The Bertz CT molecular complexity index is 491. The number of hydrogen-bond acceptors (Lipinski definition) is 5. The Morgan fingerprint density at radius 3 is 2.75 bits per heavy atom. The van der Waals surface area contributed by atoms with E-state index in [1.807, 2.05) is 6.92 Å². The minimum atomic E-state index is -0.517. The number of nitrogens with zero attached hydrogens (tertiary/aromatic N) is 2. The number of anilines is 1. The summed E-state index contributed by atoms with van der Waals surface area (Å²) in [6, 6.07) is 4.21. The van der Waals surface area contributed by atoms with Crippen LogP contribution in [0.15, 0.2) is 18.2 Å². The second-order valence-corrected chi connectivity index (χ2v) is 4.43. The molecule has 0 bridgehead atoms. The molecular formula is C13H19N3O4. The van der Waals surface area contributed by atoms with Gasteiger partial charge in [0.1, 0.15) is 0 Å². The van der Waals surface area contributed by atoms with Gasteiger partial charge in [0, 0.05) is 37.0 Å². The zero-order valence-corrected chi connectivity index (χ0v) is 11.6. The van der Waals surface area contributed by atoms with Crippen molar-refractivity contribution in [2.24, 2.45) is 0 Å². The summed E-state index contributed by atoms with van der Waals surface area (Å²) in [6.07, 6.45) is 0.856. The van der Waals surface area contributed by atoms with Gasteiger partial charge < -0.3 is 15.3 Å². The van der Waals surface area contributed by atoms with E-state index in [4.69, 9.17) is 0 Å². The zero-order chi connectivity index (χ0) is 15.1. The van der Waals surface area contributed by atoms with E-state index in [1.54, 1.807) is 11.9 Å². The Morgan fingerprint density at radius 1 is 1.50 bits per heavy atom. The largest absolute Gasteiger partial charge is 0.392 e. The number of non-ortho nitro benzene ring substituents is 1. The number of likely N-dealkylation sites (N-methyl/N-ethyl adjacent to an activating group) is 1. The second kappa shape index (κ2) is 7.44. The van der Waals surface area contributed by atoms with Gasteiger partial charge in [-0.05, 0) is 12.5 Å². The molecule has 0 saturated carbocycles. The predicted octanol–water partition coefficient (Wildman–Crippen LogP) is 1.05. The highest BCUT2D eigenvalue weighted by molar-refractivity contribution is 5.81. The van der Waals surface area contributed by atoms with Gasteiger partial charge in [0.25, 0.3) is 5.69 Å². The number of aliphatic hydroxyl groups excluding tert-OH is 1. The summed E-state index contributed by atoms with van der Waals surface area (Å²) < 4.78 is 0. The second-order valence-electron chi connectivity index (χ2n) is 4.43. The molecule has 7 nitrogen and oxygen atoms in total. The van der Waals surface area contributed by atoms with Crippen molar-refractivity contribution in [1.82, 2.24) is 5.32 Å². The molecule has 0 aliphatic heterocycles. The number of amides is 1. The normalized spacial score (nSPS) is 10.2. The molecule has 1 aromatic carbocycles. The molecule has 0 aliphatic carbocycles. The number of rotatable bonds is 7. The summed E-state index contributed by atoms with van der Waals surface area (Å²) in [5.74, 6) is -0.128. The first-order valence-corrected chi connectivity index (χ1v) is 6.35. The lowest BCUT2D eigenvalue weighted by Crippen LogP contribution is -2.35. The Hall–Kier alpha value is -2.15. The molecule has 0 spiro atoms. The third-order valence-electron chi connectivity index (χ3n) is 2.81. The van der Waals surface area contributed by atoms with Crippen molar-refractivity contribution in [3.8, 4) is 0 Å². The number of benzene rings is 1. The van der Waals surface area contributed by atoms with Gasteiger partial charge in [-0.1, -0.05) is 6.92 Å². The number of nitrogens with one attached hydrogen (secondary N) is 1. The minimum Gasteiger partial charge on any atom is -0.392 e. The van der Waals surface area contributed by atoms with Gasteiger partial charge in [0.15, 0.2) is 0 Å². The molecule has 0 unspecified atom stereocenters. The van der Waals surface area contributed by atoms with Crippen molar-refractivity contribution in [3.05, 3.63) is 33.9 Å². The number of aliphatic hydroxyl groups is 1. The topological polar surface area (TPSA) is 95.7 Å². The first-order chi connectivity index (χ1) is 9.49. The molecule has 0 aliphatic rings. The van der Waals surface area contributed by atoms with Crippen molar-refractivity contribution in [3.63, 3.8) is 0 Å². The van der Waals surface area contributed by atoms with Gasteiger partial charge in [0.2, 0.25) is 5.91 Å². The van der Waals surface area contributed by atoms with Gasteiger partial charge in [0.05, 0.1) is 18.1 Å². The lowest BCUT2D eigenvalue weighted by molar-refractivity contribution is -0.384. The smallest absolute Gasteiger partial charge is 0.269 e. The number of nitro benzene ring substituents is 1. The number of hydrogen-bond donors (Lipinski definition) is 2. The van der Waals surface area contributed by atoms with Gasteiger partial charge in [-0.2, -0.15) is 0 Å². The lowest BCUT2D eigenvalue weighted by atomic mass is 10.1. The highest BCUT2D eigenvalue weighted by Gasteiger charge is 2.14. The molecule has 110 valence electrons. The fourth-order valence-corrected chi connectivity index (χ4v) is 1.81. The lowest BCUT2D eigenvalue weighted by Gasteiger charge is -2.21. The zero-order valence-electron chi connectivity index (χ0n) is 11.6. The summed E-state index contributed by atoms with van der Waals surface area (Å²) >= 11 is 0. The van der Waals surface area contributed by atoms with E-state index in [1.165, 1.54) is 18.2 Å². The fraction of sp³-hybridized carbons (Fsp3) is 0.462. The maximum atomic E-state index is 11.6. The SMILES string of the molecule is CCCNC(=O)CN(C)c1ccc([N+](=O)[O-])cc1CO. The fourth-order valence-electron chi connectivity index (χ4n) is 1.81. The molecule has 1 amide bonds. The molecule has 20 heavy (non-hydrogen) atoms. The number of nitro groups is 1. The number of carbonyl (C=O) groups excluding carboxylic acids is 1. The standard InChI is InChI=1S/C13H19N3O4/c1-3-6-14-13(18)8-15(2)12-5-4-11(16(19)20)7-10(12)9-17/h4-5,7,17H,3,6,8-9H2,1-2H3,(H,14,18). The monoisotopic (exact) mass is 281 g/mol. The van der Waals surface area contributed by atoms with Crippen LogP contribution >= 0.6 is 0 Å². The number of carbonyl (C=O) groups is 1. The van der Waals surface area contributed by atoms with Crippen LogP contribution in [-0.2, 0) is 11.4 Å². The van der Waals surface area contributed by atoms with E-state index < -0.39 is 4.92 Å².